The van der Waals surface area contributed by atoms with Crippen molar-refractivity contribution in [2.24, 2.45) is 5.92 Å². The van der Waals surface area contributed by atoms with Crippen molar-refractivity contribution in [1.82, 2.24) is 10.2 Å². The summed E-state index contributed by atoms with van der Waals surface area (Å²) in [5, 5.41) is 11.3. The summed E-state index contributed by atoms with van der Waals surface area (Å²) in [5.74, 6) is 1.47. The lowest BCUT2D eigenvalue weighted by Gasteiger charge is -2.17. The first-order valence-corrected chi connectivity index (χ1v) is 5.94. The van der Waals surface area contributed by atoms with E-state index in [1.165, 1.54) is 0 Å². The number of ether oxygens (including phenoxy) is 1. The number of nitrogens with one attached hydrogen (secondary N) is 1. The molecule has 4 heteroatoms. The van der Waals surface area contributed by atoms with E-state index in [1.807, 2.05) is 13.0 Å². The van der Waals surface area contributed by atoms with E-state index >= 15 is 0 Å². The molecule has 0 spiro atoms. The average Bonchev–Trinajstić information content (AvgIpc) is 2.74. The molecular formula is C12H19N3O. The van der Waals surface area contributed by atoms with Crippen molar-refractivity contribution in [3.8, 4) is 0 Å². The Morgan fingerprint density at radius 3 is 3.19 bits per heavy atom. The zero-order chi connectivity index (χ0) is 11.4. The molecule has 2 heterocycles. The molecular weight excluding hydrogens is 202 g/mol. The Kier molecular flexibility index (Phi) is 3.72. The molecule has 0 aromatic carbocycles. The molecule has 1 N–H and O–H groups in total. The van der Waals surface area contributed by atoms with Gasteiger partial charge in [-0.1, -0.05) is 6.92 Å². The van der Waals surface area contributed by atoms with Crippen LogP contribution in [0.4, 0.5) is 5.82 Å². The molecule has 1 saturated heterocycles. The fourth-order valence-electron chi connectivity index (χ4n) is 2.16. The van der Waals surface area contributed by atoms with Crippen LogP contribution >= 0.6 is 0 Å². The van der Waals surface area contributed by atoms with Crippen LogP contribution in [0.5, 0.6) is 0 Å². The number of aryl methyl sites for hydroxylation is 1. The predicted octanol–water partition coefficient (Wildman–Crippen LogP) is 2.01. The van der Waals surface area contributed by atoms with Crippen LogP contribution in [0.1, 0.15) is 25.3 Å². The molecule has 2 unspecified atom stereocenters. The number of hydrogen-bond acceptors (Lipinski definition) is 4. The summed E-state index contributed by atoms with van der Waals surface area (Å²) in [6, 6.07) is 2.02. The van der Waals surface area contributed by atoms with Crippen LogP contribution in [0.3, 0.4) is 0 Å². The van der Waals surface area contributed by atoms with Gasteiger partial charge in [0.25, 0.3) is 0 Å². The minimum Gasteiger partial charge on any atom is -0.378 e. The molecule has 16 heavy (non-hydrogen) atoms. The summed E-state index contributed by atoms with van der Waals surface area (Å²) >= 11 is 0. The summed E-state index contributed by atoms with van der Waals surface area (Å²) in [7, 11) is 0. The molecule has 1 aliphatic heterocycles. The third-order valence-electron chi connectivity index (χ3n) is 3.09. The molecule has 88 valence electrons. The van der Waals surface area contributed by atoms with Gasteiger partial charge in [-0.2, -0.15) is 5.10 Å². The van der Waals surface area contributed by atoms with Crippen molar-refractivity contribution in [3.05, 3.63) is 17.8 Å². The molecule has 4 nitrogen and oxygen atoms in total. The summed E-state index contributed by atoms with van der Waals surface area (Å²) in [6.45, 7) is 6.02. The van der Waals surface area contributed by atoms with E-state index in [2.05, 4.69) is 22.4 Å². The van der Waals surface area contributed by atoms with Crippen LogP contribution in [0.15, 0.2) is 12.3 Å². The molecule has 1 aliphatic rings. The van der Waals surface area contributed by atoms with E-state index in [-0.39, 0.29) is 0 Å². The maximum atomic E-state index is 5.65. The lowest BCUT2D eigenvalue weighted by atomic mass is 10.00. The van der Waals surface area contributed by atoms with Gasteiger partial charge in [-0.3, -0.25) is 0 Å². The highest BCUT2D eigenvalue weighted by atomic mass is 16.5. The number of aromatic nitrogens is 2. The van der Waals surface area contributed by atoms with Gasteiger partial charge in [0.2, 0.25) is 0 Å². The van der Waals surface area contributed by atoms with E-state index in [4.69, 9.17) is 4.74 Å². The smallest absolute Gasteiger partial charge is 0.148 e. The fraction of sp³-hybridized carbons (Fsp3) is 0.667. The van der Waals surface area contributed by atoms with E-state index in [1.54, 1.807) is 6.20 Å². The van der Waals surface area contributed by atoms with Crippen LogP contribution in [0.25, 0.3) is 0 Å². The van der Waals surface area contributed by atoms with Gasteiger partial charge in [0.15, 0.2) is 0 Å². The highest BCUT2D eigenvalue weighted by Gasteiger charge is 2.26. The van der Waals surface area contributed by atoms with Gasteiger partial charge < -0.3 is 10.1 Å². The normalized spacial score (nSPS) is 24.6. The maximum Gasteiger partial charge on any atom is 0.148 e. The molecule has 1 fully saturated rings. The summed E-state index contributed by atoms with van der Waals surface area (Å²) in [6.07, 6.45) is 4.40. The quantitative estimate of drug-likeness (QED) is 0.845. The highest BCUT2D eigenvalue weighted by Crippen LogP contribution is 2.23. The molecule has 2 atom stereocenters. The van der Waals surface area contributed by atoms with E-state index < -0.39 is 0 Å². The summed E-state index contributed by atoms with van der Waals surface area (Å²) < 4.78 is 5.65. The molecule has 0 amide bonds. The van der Waals surface area contributed by atoms with Crippen molar-refractivity contribution < 1.29 is 4.74 Å². The molecule has 1 aromatic rings. The molecule has 2 rings (SSSR count). The minimum atomic E-state index is 0.408. The molecule has 1 aromatic heterocycles. The Hall–Kier alpha value is -1.16. The van der Waals surface area contributed by atoms with Gasteiger partial charge >= 0.3 is 0 Å². The first-order valence-electron chi connectivity index (χ1n) is 5.94. The second-order valence-electron chi connectivity index (χ2n) is 4.37. The van der Waals surface area contributed by atoms with Crippen molar-refractivity contribution in [3.63, 3.8) is 0 Å². The third-order valence-corrected chi connectivity index (χ3v) is 3.09. The monoisotopic (exact) mass is 221 g/mol. The van der Waals surface area contributed by atoms with Crippen LogP contribution in [0, 0.1) is 12.8 Å². The zero-order valence-corrected chi connectivity index (χ0v) is 9.94. The van der Waals surface area contributed by atoms with Gasteiger partial charge in [0, 0.05) is 19.1 Å². The number of nitrogens with zero attached hydrogens (tertiary/aromatic N) is 2. The van der Waals surface area contributed by atoms with E-state index in [0.29, 0.717) is 12.0 Å². The standard InChI is InChI=1S/C12H19N3O/c1-3-11-10(4-5-16-11)8-13-12-6-9(2)7-14-15-12/h6-7,10-11H,3-5,8H2,1-2H3,(H,13,15). The number of rotatable bonds is 4. The Morgan fingerprint density at radius 2 is 2.44 bits per heavy atom. The van der Waals surface area contributed by atoms with Crippen molar-refractivity contribution in [1.29, 1.82) is 0 Å². The van der Waals surface area contributed by atoms with Gasteiger partial charge in [-0.15, -0.1) is 5.10 Å². The number of anilines is 1. The Balaban J connectivity index is 1.87. The van der Waals surface area contributed by atoms with Gasteiger partial charge in [-0.25, -0.2) is 0 Å². The fourth-order valence-corrected chi connectivity index (χ4v) is 2.16. The largest absolute Gasteiger partial charge is 0.378 e. The van der Waals surface area contributed by atoms with Crippen LogP contribution in [-0.2, 0) is 4.74 Å². The third kappa shape index (κ3) is 2.70. The van der Waals surface area contributed by atoms with E-state index in [0.717, 1.165) is 37.4 Å². The zero-order valence-electron chi connectivity index (χ0n) is 9.94. The second kappa shape index (κ2) is 5.25. The van der Waals surface area contributed by atoms with Gasteiger partial charge in [0.1, 0.15) is 5.82 Å². The molecule has 0 saturated carbocycles. The van der Waals surface area contributed by atoms with Crippen LogP contribution < -0.4 is 5.32 Å². The average molecular weight is 221 g/mol. The first kappa shape index (κ1) is 11.3. The minimum absolute atomic E-state index is 0.408. The van der Waals surface area contributed by atoms with Gasteiger partial charge in [0.05, 0.1) is 12.3 Å². The van der Waals surface area contributed by atoms with Crippen LogP contribution in [0.2, 0.25) is 0 Å². The molecule has 0 bridgehead atoms. The highest BCUT2D eigenvalue weighted by molar-refractivity contribution is 5.35. The molecule has 0 radical (unpaired) electrons. The predicted molar refractivity (Wildman–Crippen MR) is 63.4 cm³/mol. The lowest BCUT2D eigenvalue weighted by molar-refractivity contribution is 0.0900. The SMILES string of the molecule is CCC1OCCC1CNc1cc(C)cnn1. The van der Waals surface area contributed by atoms with Crippen molar-refractivity contribution in [2.75, 3.05) is 18.5 Å². The van der Waals surface area contributed by atoms with Crippen molar-refractivity contribution >= 4 is 5.82 Å². The lowest BCUT2D eigenvalue weighted by Crippen LogP contribution is -2.23. The van der Waals surface area contributed by atoms with Gasteiger partial charge in [-0.05, 0) is 31.4 Å². The molecule has 0 aliphatic carbocycles. The first-order chi connectivity index (χ1) is 7.79. The Morgan fingerprint density at radius 1 is 1.56 bits per heavy atom. The van der Waals surface area contributed by atoms with Crippen LogP contribution in [-0.4, -0.2) is 29.5 Å². The Labute approximate surface area is 96.4 Å². The summed E-state index contributed by atoms with van der Waals surface area (Å²) in [4.78, 5) is 0. The number of hydrogen-bond donors (Lipinski definition) is 1. The summed E-state index contributed by atoms with van der Waals surface area (Å²) in [5.41, 5.74) is 1.13. The second-order valence-corrected chi connectivity index (χ2v) is 4.37. The topological polar surface area (TPSA) is 47.0 Å². The maximum absolute atomic E-state index is 5.65. The van der Waals surface area contributed by atoms with E-state index in [9.17, 15) is 0 Å². The Bertz CT molecular complexity index is 343. The van der Waals surface area contributed by atoms with Crippen molar-refractivity contribution in [2.45, 2.75) is 32.8 Å².